The molecule has 3 aromatic rings. The zero-order valence-electron chi connectivity index (χ0n) is 21.0. The molecule has 1 fully saturated rings. The topological polar surface area (TPSA) is 56.7 Å². The summed E-state index contributed by atoms with van der Waals surface area (Å²) in [5, 5.41) is 13.2. The first kappa shape index (κ1) is 25.3. The van der Waals surface area contributed by atoms with Crippen LogP contribution in [0.5, 0.6) is 0 Å². The fraction of sp³-hybridized carbons (Fsp3) is 0.448. The number of piperidine rings is 1. The van der Waals surface area contributed by atoms with Gasteiger partial charge in [-0.15, -0.1) is 23.1 Å². The number of anilines is 1. The number of nitrogens with zero attached hydrogens (tertiary/aromatic N) is 3. The summed E-state index contributed by atoms with van der Waals surface area (Å²) < 4.78 is 0. The fourth-order valence-electron chi connectivity index (χ4n) is 5.20. The van der Waals surface area contributed by atoms with Crippen molar-refractivity contribution in [1.82, 2.24) is 9.88 Å². The number of rotatable bonds is 8. The van der Waals surface area contributed by atoms with Crippen LogP contribution < -0.4 is 4.90 Å². The smallest absolute Gasteiger partial charge is 0.264 e. The molecule has 2 aromatic heterocycles. The van der Waals surface area contributed by atoms with E-state index < -0.39 is 0 Å². The molecule has 5 nitrogen and oxygen atoms in total. The first-order valence-corrected chi connectivity index (χ1v) is 15.1. The first-order valence-electron chi connectivity index (χ1n) is 13.0. The average molecular weight is 522 g/mol. The second-order valence-corrected chi connectivity index (χ2v) is 11.6. The quantitative estimate of drug-likeness (QED) is 0.270. The number of benzene rings is 1. The lowest BCUT2D eigenvalue weighted by atomic mass is 9.97. The summed E-state index contributed by atoms with van der Waals surface area (Å²) >= 11 is 3.23. The van der Waals surface area contributed by atoms with E-state index in [1.165, 1.54) is 34.6 Å². The van der Waals surface area contributed by atoms with Gasteiger partial charge in [0, 0.05) is 42.0 Å². The van der Waals surface area contributed by atoms with Crippen molar-refractivity contribution in [1.29, 1.82) is 0 Å². The summed E-state index contributed by atoms with van der Waals surface area (Å²) in [6.45, 7) is 2.80. The SMILES string of the molecule is CSc1ccc2cc(CN(CCC3=CCCCC3)C(=O)c3cccs3)c(N3CCC(O)CC3)nc2c1. The molecular formula is C29H35N3O2S2. The molecular weight excluding hydrogens is 486 g/mol. The highest BCUT2D eigenvalue weighted by Gasteiger charge is 2.24. The van der Waals surface area contributed by atoms with Gasteiger partial charge in [0.2, 0.25) is 0 Å². The summed E-state index contributed by atoms with van der Waals surface area (Å²) in [6.07, 6.45) is 11.5. The predicted octanol–water partition coefficient (Wildman–Crippen LogP) is 6.51. The number of pyridine rings is 1. The molecule has 0 unspecified atom stereocenters. The number of carbonyl (C=O) groups excluding carboxylic acids is 1. The second-order valence-electron chi connectivity index (χ2n) is 9.81. The van der Waals surface area contributed by atoms with E-state index in [0.717, 1.165) is 72.4 Å². The van der Waals surface area contributed by atoms with Gasteiger partial charge in [-0.1, -0.05) is 23.8 Å². The maximum atomic E-state index is 13.6. The van der Waals surface area contributed by atoms with Crippen LogP contribution in [0.3, 0.4) is 0 Å². The number of hydrogen-bond donors (Lipinski definition) is 1. The minimum Gasteiger partial charge on any atom is -0.393 e. The van der Waals surface area contributed by atoms with Crippen molar-refractivity contribution < 1.29 is 9.90 Å². The van der Waals surface area contributed by atoms with Crippen LogP contribution in [-0.2, 0) is 6.54 Å². The normalized spacial score (nSPS) is 16.8. The molecule has 1 aromatic carbocycles. The van der Waals surface area contributed by atoms with Crippen molar-refractivity contribution in [2.24, 2.45) is 0 Å². The molecule has 1 aliphatic carbocycles. The van der Waals surface area contributed by atoms with Crippen molar-refractivity contribution >= 4 is 45.7 Å². The highest BCUT2D eigenvalue weighted by atomic mass is 32.2. The van der Waals surface area contributed by atoms with Gasteiger partial charge in [-0.2, -0.15) is 0 Å². The Hall–Kier alpha value is -2.35. The number of thioether (sulfide) groups is 1. The van der Waals surface area contributed by atoms with Crippen LogP contribution in [0.15, 0.2) is 58.3 Å². The van der Waals surface area contributed by atoms with Gasteiger partial charge in [-0.05, 0) is 80.8 Å². The summed E-state index contributed by atoms with van der Waals surface area (Å²) in [7, 11) is 0. The molecule has 0 spiro atoms. The van der Waals surface area contributed by atoms with Gasteiger partial charge in [0.05, 0.1) is 16.5 Å². The number of aliphatic hydroxyl groups excluding tert-OH is 1. The summed E-state index contributed by atoms with van der Waals surface area (Å²) in [5.41, 5.74) is 3.55. The third-order valence-corrected chi connectivity index (χ3v) is 8.90. The van der Waals surface area contributed by atoms with Gasteiger partial charge in [-0.3, -0.25) is 4.79 Å². The van der Waals surface area contributed by atoms with Gasteiger partial charge in [0.15, 0.2) is 0 Å². The lowest BCUT2D eigenvalue weighted by Gasteiger charge is -2.33. The summed E-state index contributed by atoms with van der Waals surface area (Å²) in [4.78, 5) is 25.0. The Kier molecular flexibility index (Phi) is 8.29. The minimum atomic E-state index is -0.242. The molecule has 1 amide bonds. The Morgan fingerprint density at radius 3 is 2.81 bits per heavy atom. The third kappa shape index (κ3) is 5.96. The van der Waals surface area contributed by atoms with E-state index >= 15 is 0 Å². The van der Waals surface area contributed by atoms with E-state index in [0.29, 0.717) is 13.1 Å². The monoisotopic (exact) mass is 521 g/mol. The Bertz CT molecular complexity index is 1220. The highest BCUT2D eigenvalue weighted by molar-refractivity contribution is 7.98. The molecule has 190 valence electrons. The van der Waals surface area contributed by atoms with Gasteiger partial charge in [0.25, 0.3) is 5.91 Å². The second kappa shape index (κ2) is 11.8. The minimum absolute atomic E-state index is 0.0965. The molecule has 0 radical (unpaired) electrons. The molecule has 0 bridgehead atoms. The molecule has 0 saturated carbocycles. The van der Waals surface area contributed by atoms with Crippen LogP contribution in [0, 0.1) is 0 Å². The number of allylic oxidation sites excluding steroid dienone is 1. The number of thiophene rings is 1. The van der Waals surface area contributed by atoms with Crippen molar-refractivity contribution in [3.8, 4) is 0 Å². The van der Waals surface area contributed by atoms with E-state index in [1.54, 1.807) is 11.8 Å². The average Bonchev–Trinajstić information content (AvgIpc) is 3.46. The van der Waals surface area contributed by atoms with E-state index in [2.05, 4.69) is 41.5 Å². The molecule has 7 heteroatoms. The largest absolute Gasteiger partial charge is 0.393 e. The standard InChI is InChI=1S/C29H35N3O2S2/c1-35-25-10-9-22-18-23(28(30-26(22)19-25)31-15-12-24(33)13-16-31)20-32(29(34)27-8-5-17-36-27)14-11-21-6-3-2-4-7-21/h5-6,8-10,17-19,24,33H,2-4,7,11-16,20H2,1H3. The molecule has 0 atom stereocenters. The van der Waals surface area contributed by atoms with Gasteiger partial charge in [0.1, 0.15) is 5.82 Å². The summed E-state index contributed by atoms with van der Waals surface area (Å²) in [5.74, 6) is 1.05. The lowest BCUT2D eigenvalue weighted by molar-refractivity contribution is 0.0749. The highest BCUT2D eigenvalue weighted by Crippen LogP contribution is 2.31. The molecule has 5 rings (SSSR count). The predicted molar refractivity (Wildman–Crippen MR) is 151 cm³/mol. The van der Waals surface area contributed by atoms with Gasteiger partial charge in [-0.25, -0.2) is 4.98 Å². The molecule has 3 heterocycles. The van der Waals surface area contributed by atoms with Crippen molar-refractivity contribution in [3.05, 3.63) is 63.9 Å². The van der Waals surface area contributed by atoms with Crippen LogP contribution >= 0.6 is 23.1 Å². The number of fused-ring (bicyclic) bond motifs is 1. The van der Waals surface area contributed by atoms with Crippen LogP contribution in [0.25, 0.3) is 10.9 Å². The van der Waals surface area contributed by atoms with Gasteiger partial charge < -0.3 is 14.9 Å². The maximum Gasteiger partial charge on any atom is 0.264 e. The van der Waals surface area contributed by atoms with Crippen LogP contribution in [0.1, 0.15) is 60.2 Å². The Labute approximate surface area is 222 Å². The van der Waals surface area contributed by atoms with E-state index in [-0.39, 0.29) is 12.0 Å². The zero-order chi connectivity index (χ0) is 24.9. The van der Waals surface area contributed by atoms with E-state index in [1.807, 2.05) is 22.4 Å². The van der Waals surface area contributed by atoms with Crippen molar-refractivity contribution in [3.63, 3.8) is 0 Å². The summed E-state index contributed by atoms with van der Waals surface area (Å²) in [6, 6.07) is 12.5. The maximum absolute atomic E-state index is 13.6. The Morgan fingerprint density at radius 1 is 1.22 bits per heavy atom. The van der Waals surface area contributed by atoms with Crippen LogP contribution in [-0.4, -0.2) is 52.9 Å². The van der Waals surface area contributed by atoms with Crippen LogP contribution in [0.2, 0.25) is 0 Å². The fourth-order valence-corrected chi connectivity index (χ4v) is 6.32. The van der Waals surface area contributed by atoms with Gasteiger partial charge >= 0.3 is 0 Å². The first-order chi connectivity index (χ1) is 17.6. The van der Waals surface area contributed by atoms with Crippen LogP contribution in [0.4, 0.5) is 5.82 Å². The lowest BCUT2D eigenvalue weighted by Crippen LogP contribution is -2.38. The van der Waals surface area contributed by atoms with Crippen molar-refractivity contribution in [2.45, 2.75) is 62.5 Å². The molecule has 2 aliphatic rings. The number of amides is 1. The molecule has 1 saturated heterocycles. The third-order valence-electron chi connectivity index (χ3n) is 7.31. The number of carbonyl (C=O) groups is 1. The molecule has 1 N–H and O–H groups in total. The Balaban J connectivity index is 1.48. The number of hydrogen-bond acceptors (Lipinski definition) is 6. The molecule has 1 aliphatic heterocycles. The van der Waals surface area contributed by atoms with E-state index in [4.69, 9.17) is 4.98 Å². The number of aliphatic hydroxyl groups is 1. The zero-order valence-corrected chi connectivity index (χ0v) is 22.6. The Morgan fingerprint density at radius 2 is 2.08 bits per heavy atom. The van der Waals surface area contributed by atoms with Crippen molar-refractivity contribution in [2.75, 3.05) is 30.8 Å². The number of aromatic nitrogens is 1. The molecule has 36 heavy (non-hydrogen) atoms. The van der Waals surface area contributed by atoms with E-state index in [9.17, 15) is 9.90 Å².